The highest BCUT2D eigenvalue weighted by molar-refractivity contribution is 5.94. The molecule has 1 heterocycles. The van der Waals surface area contributed by atoms with Gasteiger partial charge in [0.2, 0.25) is 5.91 Å². The summed E-state index contributed by atoms with van der Waals surface area (Å²) in [5.41, 5.74) is 6.05. The van der Waals surface area contributed by atoms with E-state index in [-0.39, 0.29) is 11.8 Å². The second-order valence-corrected chi connectivity index (χ2v) is 7.49. The first kappa shape index (κ1) is 18.7. The lowest BCUT2D eigenvalue weighted by atomic mass is 9.94. The summed E-state index contributed by atoms with van der Waals surface area (Å²) in [7, 11) is 0. The van der Waals surface area contributed by atoms with Crippen LogP contribution in [0.1, 0.15) is 42.0 Å². The molecule has 1 N–H and O–H groups in total. The Labute approximate surface area is 157 Å². The summed E-state index contributed by atoms with van der Waals surface area (Å²) in [5, 5.41) is 3.21. The van der Waals surface area contributed by atoms with Crippen molar-refractivity contribution in [3.8, 4) is 0 Å². The van der Waals surface area contributed by atoms with Crippen LogP contribution >= 0.6 is 0 Å². The molecule has 1 aliphatic heterocycles. The molecule has 1 aliphatic rings. The smallest absolute Gasteiger partial charge is 0.227 e. The molecule has 0 bridgehead atoms. The third-order valence-electron chi connectivity index (χ3n) is 5.44. The number of likely N-dealkylation sites (tertiary alicyclic amines) is 1. The maximum Gasteiger partial charge on any atom is 0.227 e. The lowest BCUT2D eigenvalue weighted by molar-refractivity contribution is -0.121. The molecule has 0 atom stereocenters. The summed E-state index contributed by atoms with van der Waals surface area (Å²) < 4.78 is 0. The number of hydrogen-bond acceptors (Lipinski definition) is 2. The first-order valence-electron chi connectivity index (χ1n) is 9.74. The van der Waals surface area contributed by atoms with E-state index in [1.807, 2.05) is 0 Å². The highest BCUT2D eigenvalue weighted by atomic mass is 16.1. The summed E-state index contributed by atoms with van der Waals surface area (Å²) in [6.07, 6.45) is 2.81. The van der Waals surface area contributed by atoms with Gasteiger partial charge in [-0.05, 0) is 62.9 Å². The average Bonchev–Trinajstić information content (AvgIpc) is 2.64. The van der Waals surface area contributed by atoms with Gasteiger partial charge in [0, 0.05) is 18.2 Å². The molecule has 0 aromatic heterocycles. The summed E-state index contributed by atoms with van der Waals surface area (Å²) >= 11 is 0. The fourth-order valence-electron chi connectivity index (χ4n) is 3.85. The topological polar surface area (TPSA) is 32.3 Å². The minimum atomic E-state index is 0.119. The normalized spacial score (nSPS) is 15.8. The van der Waals surface area contributed by atoms with Crippen molar-refractivity contribution >= 4 is 11.6 Å². The van der Waals surface area contributed by atoms with E-state index >= 15 is 0 Å². The van der Waals surface area contributed by atoms with Crippen molar-refractivity contribution in [2.24, 2.45) is 5.92 Å². The SMILES string of the molecule is CCc1cccc(C)c1NC(=O)C1CCN(Cc2cccc(C)c2)CC1. The maximum absolute atomic E-state index is 12.8. The highest BCUT2D eigenvalue weighted by Crippen LogP contribution is 2.25. The van der Waals surface area contributed by atoms with E-state index < -0.39 is 0 Å². The number of hydrogen-bond donors (Lipinski definition) is 1. The van der Waals surface area contributed by atoms with Crippen molar-refractivity contribution < 1.29 is 4.79 Å². The zero-order chi connectivity index (χ0) is 18.5. The Balaban J connectivity index is 1.56. The molecule has 0 unspecified atom stereocenters. The van der Waals surface area contributed by atoms with Crippen LogP contribution in [-0.2, 0) is 17.8 Å². The molecule has 1 saturated heterocycles. The van der Waals surface area contributed by atoms with Crippen LogP contribution < -0.4 is 5.32 Å². The highest BCUT2D eigenvalue weighted by Gasteiger charge is 2.25. The number of anilines is 1. The van der Waals surface area contributed by atoms with Gasteiger partial charge in [-0.15, -0.1) is 0 Å². The molecular weight excluding hydrogens is 320 g/mol. The van der Waals surface area contributed by atoms with E-state index in [1.165, 1.54) is 16.7 Å². The standard InChI is InChI=1S/C23H30N2O/c1-4-20-10-6-8-18(3)22(20)24-23(26)21-11-13-25(14-12-21)16-19-9-5-7-17(2)15-19/h5-10,15,21H,4,11-14,16H2,1-3H3,(H,24,26). The number of carbonyl (C=O) groups is 1. The van der Waals surface area contributed by atoms with Crippen molar-refractivity contribution in [2.75, 3.05) is 18.4 Å². The Bertz CT molecular complexity index is 761. The Morgan fingerprint density at radius 3 is 2.54 bits per heavy atom. The van der Waals surface area contributed by atoms with Crippen LogP contribution in [0.3, 0.4) is 0 Å². The van der Waals surface area contributed by atoms with Gasteiger partial charge in [-0.3, -0.25) is 9.69 Å². The van der Waals surface area contributed by atoms with Gasteiger partial charge in [-0.25, -0.2) is 0 Å². The number of nitrogens with zero attached hydrogens (tertiary/aromatic N) is 1. The molecule has 3 rings (SSSR count). The van der Waals surface area contributed by atoms with Crippen LogP contribution in [-0.4, -0.2) is 23.9 Å². The summed E-state index contributed by atoms with van der Waals surface area (Å²) in [6, 6.07) is 14.9. The Morgan fingerprint density at radius 2 is 1.85 bits per heavy atom. The summed E-state index contributed by atoms with van der Waals surface area (Å²) in [4.78, 5) is 15.2. The number of aryl methyl sites for hydroxylation is 3. The molecule has 0 radical (unpaired) electrons. The summed E-state index contributed by atoms with van der Waals surface area (Å²) in [5.74, 6) is 0.303. The predicted molar refractivity (Wildman–Crippen MR) is 108 cm³/mol. The average molecular weight is 351 g/mol. The Hall–Kier alpha value is -2.13. The molecule has 3 heteroatoms. The number of para-hydroxylation sites is 1. The minimum absolute atomic E-state index is 0.119. The van der Waals surface area contributed by atoms with Crippen molar-refractivity contribution in [2.45, 2.75) is 46.6 Å². The second kappa shape index (κ2) is 8.50. The van der Waals surface area contributed by atoms with Gasteiger partial charge < -0.3 is 5.32 Å². The number of rotatable bonds is 5. The van der Waals surface area contributed by atoms with Gasteiger partial charge in [-0.2, -0.15) is 0 Å². The van der Waals surface area contributed by atoms with Gasteiger partial charge in [-0.1, -0.05) is 55.0 Å². The van der Waals surface area contributed by atoms with Crippen molar-refractivity contribution in [3.05, 3.63) is 64.7 Å². The van der Waals surface area contributed by atoms with E-state index in [2.05, 4.69) is 73.5 Å². The molecule has 2 aromatic carbocycles. The molecule has 26 heavy (non-hydrogen) atoms. The van der Waals surface area contributed by atoms with Crippen LogP contribution in [0.4, 0.5) is 5.69 Å². The van der Waals surface area contributed by atoms with Gasteiger partial charge in [0.05, 0.1) is 0 Å². The van der Waals surface area contributed by atoms with Crippen LogP contribution in [0, 0.1) is 19.8 Å². The Morgan fingerprint density at radius 1 is 1.12 bits per heavy atom. The molecule has 138 valence electrons. The quantitative estimate of drug-likeness (QED) is 0.846. The number of piperidine rings is 1. The first-order chi connectivity index (χ1) is 12.6. The maximum atomic E-state index is 12.8. The fourth-order valence-corrected chi connectivity index (χ4v) is 3.85. The molecule has 3 nitrogen and oxygen atoms in total. The number of amides is 1. The van der Waals surface area contributed by atoms with Crippen LogP contribution in [0.5, 0.6) is 0 Å². The molecule has 1 fully saturated rings. The summed E-state index contributed by atoms with van der Waals surface area (Å²) in [6.45, 7) is 9.29. The lowest BCUT2D eigenvalue weighted by Gasteiger charge is -2.31. The molecule has 2 aromatic rings. The predicted octanol–water partition coefficient (Wildman–Crippen LogP) is 4.72. The van der Waals surface area contributed by atoms with E-state index in [0.29, 0.717) is 0 Å². The van der Waals surface area contributed by atoms with Gasteiger partial charge >= 0.3 is 0 Å². The number of nitrogens with one attached hydrogen (secondary N) is 1. The zero-order valence-electron chi connectivity index (χ0n) is 16.2. The monoisotopic (exact) mass is 350 g/mol. The lowest BCUT2D eigenvalue weighted by Crippen LogP contribution is -2.38. The van der Waals surface area contributed by atoms with Crippen LogP contribution in [0.2, 0.25) is 0 Å². The first-order valence-corrected chi connectivity index (χ1v) is 9.74. The van der Waals surface area contributed by atoms with E-state index in [4.69, 9.17) is 0 Å². The largest absolute Gasteiger partial charge is 0.325 e. The third kappa shape index (κ3) is 4.53. The fraction of sp³-hybridized carbons (Fsp3) is 0.435. The number of benzene rings is 2. The van der Waals surface area contributed by atoms with Crippen molar-refractivity contribution in [1.82, 2.24) is 4.90 Å². The zero-order valence-corrected chi connectivity index (χ0v) is 16.2. The molecule has 0 saturated carbocycles. The molecule has 1 amide bonds. The second-order valence-electron chi connectivity index (χ2n) is 7.49. The van der Waals surface area contributed by atoms with Gasteiger partial charge in [0.15, 0.2) is 0 Å². The van der Waals surface area contributed by atoms with Crippen molar-refractivity contribution in [1.29, 1.82) is 0 Å². The molecular formula is C23H30N2O. The molecule has 0 spiro atoms. The Kier molecular flexibility index (Phi) is 6.10. The van der Waals surface area contributed by atoms with E-state index in [9.17, 15) is 4.79 Å². The third-order valence-corrected chi connectivity index (χ3v) is 5.44. The van der Waals surface area contributed by atoms with Crippen molar-refractivity contribution in [3.63, 3.8) is 0 Å². The van der Waals surface area contributed by atoms with Crippen LogP contribution in [0.25, 0.3) is 0 Å². The van der Waals surface area contributed by atoms with Crippen LogP contribution in [0.15, 0.2) is 42.5 Å². The van der Waals surface area contributed by atoms with E-state index in [0.717, 1.165) is 50.1 Å². The van der Waals surface area contributed by atoms with Gasteiger partial charge in [0.25, 0.3) is 0 Å². The minimum Gasteiger partial charge on any atom is -0.325 e. The van der Waals surface area contributed by atoms with Gasteiger partial charge in [0.1, 0.15) is 0 Å². The molecule has 0 aliphatic carbocycles. The number of carbonyl (C=O) groups excluding carboxylic acids is 1. The van der Waals surface area contributed by atoms with E-state index in [1.54, 1.807) is 0 Å².